The fourth-order valence-corrected chi connectivity index (χ4v) is 1.41. The molecule has 2 N–H and O–H groups in total. The number of aryl methyl sites for hydroxylation is 1. The molecule has 8 nitrogen and oxygen atoms in total. The van der Waals surface area contributed by atoms with Gasteiger partial charge in [0.2, 0.25) is 5.82 Å². The normalized spacial score (nSPS) is 11.3. The third-order valence-electron chi connectivity index (χ3n) is 2.24. The molecule has 0 aliphatic carbocycles. The van der Waals surface area contributed by atoms with E-state index in [4.69, 9.17) is 10.6 Å². The number of hydrogen-bond acceptors (Lipinski definition) is 6. The number of benzene rings is 1. The van der Waals surface area contributed by atoms with Crippen molar-refractivity contribution in [3.05, 3.63) is 41.7 Å². The summed E-state index contributed by atoms with van der Waals surface area (Å²) in [5.74, 6) is -0.178. The molecule has 2 rings (SSSR count). The predicted molar refractivity (Wildman–Crippen MR) is 66.0 cm³/mol. The van der Waals surface area contributed by atoms with Gasteiger partial charge >= 0.3 is 0 Å². The van der Waals surface area contributed by atoms with Gasteiger partial charge in [-0.2, -0.15) is 0 Å². The van der Waals surface area contributed by atoms with Crippen molar-refractivity contribution < 1.29 is 9.63 Å². The summed E-state index contributed by atoms with van der Waals surface area (Å²) in [5, 5.41) is 15.0. The van der Waals surface area contributed by atoms with Crippen molar-refractivity contribution in [3.63, 3.8) is 0 Å². The summed E-state index contributed by atoms with van der Waals surface area (Å²) in [6, 6.07) is 9.24. The van der Waals surface area contributed by atoms with Crippen molar-refractivity contribution in [2.45, 2.75) is 0 Å². The molecule has 0 aliphatic rings. The van der Waals surface area contributed by atoms with Crippen LogP contribution in [0.3, 0.4) is 0 Å². The van der Waals surface area contributed by atoms with Crippen LogP contribution in [0.4, 0.5) is 0 Å². The smallest absolute Gasteiger partial charge is 0.258 e. The van der Waals surface area contributed by atoms with Crippen LogP contribution in [0.2, 0.25) is 0 Å². The predicted octanol–water partition coefficient (Wildman–Crippen LogP) is -0.536. The van der Waals surface area contributed by atoms with Gasteiger partial charge in [0.1, 0.15) is 0 Å². The molecule has 0 spiro atoms. The number of amides is 1. The van der Waals surface area contributed by atoms with Crippen molar-refractivity contribution in [2.24, 2.45) is 17.9 Å². The monoisotopic (exact) mass is 260 g/mol. The SMILES string of the molecule is Cn1nnnc1C(=NOCC(N)=O)c1ccccc1. The Morgan fingerprint density at radius 3 is 2.74 bits per heavy atom. The first-order valence-corrected chi connectivity index (χ1v) is 5.45. The Kier molecular flexibility index (Phi) is 3.81. The number of nitrogens with two attached hydrogens (primary N) is 1. The summed E-state index contributed by atoms with van der Waals surface area (Å²) in [4.78, 5) is 15.5. The van der Waals surface area contributed by atoms with E-state index in [0.29, 0.717) is 11.5 Å². The Balaban J connectivity index is 2.34. The zero-order valence-electron chi connectivity index (χ0n) is 10.2. The average Bonchev–Trinajstić information content (AvgIpc) is 2.82. The van der Waals surface area contributed by atoms with E-state index in [0.717, 1.165) is 5.56 Å². The maximum atomic E-state index is 10.7. The van der Waals surface area contributed by atoms with Crippen LogP contribution in [0.25, 0.3) is 0 Å². The lowest BCUT2D eigenvalue weighted by Crippen LogP contribution is -2.18. The van der Waals surface area contributed by atoms with Crippen molar-refractivity contribution in [2.75, 3.05) is 6.61 Å². The Bertz CT molecular complexity index is 592. The maximum Gasteiger partial charge on any atom is 0.258 e. The number of tetrazole rings is 1. The molecule has 0 radical (unpaired) electrons. The third-order valence-corrected chi connectivity index (χ3v) is 2.24. The van der Waals surface area contributed by atoms with Crippen LogP contribution in [0.5, 0.6) is 0 Å². The molecule has 1 aromatic heterocycles. The van der Waals surface area contributed by atoms with Gasteiger partial charge < -0.3 is 10.6 Å². The van der Waals surface area contributed by atoms with Crippen LogP contribution in [-0.4, -0.2) is 38.4 Å². The fourth-order valence-electron chi connectivity index (χ4n) is 1.41. The van der Waals surface area contributed by atoms with Crippen LogP contribution >= 0.6 is 0 Å². The van der Waals surface area contributed by atoms with Crippen LogP contribution in [0, 0.1) is 0 Å². The van der Waals surface area contributed by atoms with Gasteiger partial charge in [0, 0.05) is 12.6 Å². The van der Waals surface area contributed by atoms with Crippen molar-refractivity contribution in [1.29, 1.82) is 0 Å². The molecule has 0 fully saturated rings. The summed E-state index contributed by atoms with van der Waals surface area (Å²) >= 11 is 0. The zero-order valence-corrected chi connectivity index (χ0v) is 10.2. The first kappa shape index (κ1) is 12.7. The lowest BCUT2D eigenvalue weighted by atomic mass is 10.1. The number of oxime groups is 1. The standard InChI is InChI=1S/C11H12N6O2/c1-17-11(13-15-16-17)10(14-19-7-9(12)18)8-5-3-2-4-6-8/h2-6H,7H2,1H3,(H2,12,18). The van der Waals surface area contributed by atoms with Gasteiger partial charge in [0.25, 0.3) is 5.91 Å². The Hall–Kier alpha value is -2.77. The van der Waals surface area contributed by atoms with E-state index < -0.39 is 5.91 Å². The van der Waals surface area contributed by atoms with Crippen LogP contribution < -0.4 is 5.73 Å². The van der Waals surface area contributed by atoms with Gasteiger partial charge in [-0.3, -0.25) is 4.79 Å². The van der Waals surface area contributed by atoms with Crippen molar-refractivity contribution in [1.82, 2.24) is 20.2 Å². The molecule has 8 heteroatoms. The lowest BCUT2D eigenvalue weighted by molar-refractivity contribution is -0.122. The lowest BCUT2D eigenvalue weighted by Gasteiger charge is -2.04. The first-order valence-electron chi connectivity index (χ1n) is 5.45. The topological polar surface area (TPSA) is 108 Å². The van der Waals surface area contributed by atoms with Crippen LogP contribution in [0.1, 0.15) is 11.4 Å². The van der Waals surface area contributed by atoms with Gasteiger partial charge in [-0.15, -0.1) is 5.10 Å². The molecule has 19 heavy (non-hydrogen) atoms. The number of primary amides is 1. The second-order valence-electron chi connectivity index (χ2n) is 3.67. The van der Waals surface area contributed by atoms with Crippen molar-refractivity contribution >= 4 is 11.6 Å². The minimum absolute atomic E-state index is 0.304. The molecule has 0 saturated carbocycles. The highest BCUT2D eigenvalue weighted by Crippen LogP contribution is 2.07. The number of nitrogens with zero attached hydrogens (tertiary/aromatic N) is 5. The summed E-state index contributed by atoms with van der Waals surface area (Å²) in [7, 11) is 1.68. The van der Waals surface area contributed by atoms with Crippen molar-refractivity contribution in [3.8, 4) is 0 Å². The summed E-state index contributed by atoms with van der Waals surface area (Å²) in [6.07, 6.45) is 0. The van der Waals surface area contributed by atoms with E-state index in [2.05, 4.69) is 20.7 Å². The molecule has 98 valence electrons. The molecule has 0 unspecified atom stereocenters. The number of rotatable bonds is 5. The Morgan fingerprint density at radius 2 is 2.16 bits per heavy atom. The van der Waals surface area contributed by atoms with Crippen LogP contribution in [0.15, 0.2) is 35.5 Å². The highest BCUT2D eigenvalue weighted by molar-refractivity contribution is 6.10. The summed E-state index contributed by atoms with van der Waals surface area (Å²) in [5.41, 5.74) is 6.18. The Labute approximate surface area is 108 Å². The highest BCUT2D eigenvalue weighted by Gasteiger charge is 2.14. The fraction of sp³-hybridized carbons (Fsp3) is 0.182. The molecule has 1 heterocycles. The Morgan fingerprint density at radius 1 is 1.42 bits per heavy atom. The molecule has 1 amide bonds. The molecule has 0 saturated heterocycles. The van der Waals surface area contributed by atoms with Gasteiger partial charge in [0.15, 0.2) is 12.3 Å². The average molecular weight is 260 g/mol. The largest absolute Gasteiger partial charge is 0.385 e. The number of aromatic nitrogens is 4. The number of hydrogen-bond donors (Lipinski definition) is 1. The third kappa shape index (κ3) is 3.12. The van der Waals surface area contributed by atoms with E-state index >= 15 is 0 Å². The van der Waals surface area contributed by atoms with Gasteiger partial charge in [0.05, 0.1) is 0 Å². The summed E-state index contributed by atoms with van der Waals surface area (Å²) < 4.78 is 1.46. The molecular weight excluding hydrogens is 248 g/mol. The molecule has 0 atom stereocenters. The number of carbonyl (C=O) groups excluding carboxylic acids is 1. The first-order chi connectivity index (χ1) is 9.18. The van der Waals surface area contributed by atoms with Gasteiger partial charge in [-0.25, -0.2) is 4.68 Å². The summed E-state index contributed by atoms with van der Waals surface area (Å²) in [6.45, 7) is -0.304. The minimum Gasteiger partial charge on any atom is -0.385 e. The molecular formula is C11H12N6O2. The van der Waals surface area contributed by atoms with E-state index in [-0.39, 0.29) is 6.61 Å². The highest BCUT2D eigenvalue weighted by atomic mass is 16.6. The number of carbonyl (C=O) groups is 1. The van der Waals surface area contributed by atoms with Crippen LogP contribution in [-0.2, 0) is 16.7 Å². The molecule has 0 aliphatic heterocycles. The van der Waals surface area contributed by atoms with E-state index in [1.54, 1.807) is 7.05 Å². The zero-order chi connectivity index (χ0) is 13.7. The second kappa shape index (κ2) is 5.71. The van der Waals surface area contributed by atoms with Gasteiger partial charge in [-0.05, 0) is 10.4 Å². The quantitative estimate of drug-likeness (QED) is 0.574. The maximum absolute atomic E-state index is 10.7. The van der Waals surface area contributed by atoms with Gasteiger partial charge in [-0.1, -0.05) is 35.5 Å². The molecule has 1 aromatic carbocycles. The molecule has 0 bridgehead atoms. The second-order valence-corrected chi connectivity index (χ2v) is 3.67. The van der Waals surface area contributed by atoms with E-state index in [1.165, 1.54) is 4.68 Å². The minimum atomic E-state index is -0.604. The van der Waals surface area contributed by atoms with E-state index in [1.807, 2.05) is 30.3 Å². The molecule has 2 aromatic rings. The van der Waals surface area contributed by atoms with E-state index in [9.17, 15) is 4.79 Å².